The fraction of sp³-hybridized carbons (Fsp3) is 1.00. The Morgan fingerprint density at radius 2 is 1.72 bits per heavy atom. The molecular weight excluding hydrogens is 220 g/mol. The van der Waals surface area contributed by atoms with Crippen LogP contribution in [-0.2, 0) is 0 Å². The van der Waals surface area contributed by atoms with Crippen molar-refractivity contribution in [3.05, 3.63) is 0 Å². The van der Waals surface area contributed by atoms with E-state index < -0.39 is 0 Å². The molecule has 1 saturated carbocycles. The van der Waals surface area contributed by atoms with Gasteiger partial charge in [0, 0.05) is 12.1 Å². The fourth-order valence-corrected chi connectivity index (χ4v) is 3.68. The standard InChI is InChI=1S/C16H32N2/c1-4-9-17-15-6-5-14(3)12-16(15)18-10-7-13(2)8-11-18/h13-17H,4-12H2,1-3H3. The summed E-state index contributed by atoms with van der Waals surface area (Å²) >= 11 is 0. The molecule has 1 saturated heterocycles. The van der Waals surface area contributed by atoms with Gasteiger partial charge in [-0.05, 0) is 70.0 Å². The summed E-state index contributed by atoms with van der Waals surface area (Å²) in [5.41, 5.74) is 0. The van der Waals surface area contributed by atoms with Crippen LogP contribution in [0, 0.1) is 11.8 Å². The highest BCUT2D eigenvalue weighted by molar-refractivity contribution is 4.91. The van der Waals surface area contributed by atoms with Crippen LogP contribution in [0.15, 0.2) is 0 Å². The number of likely N-dealkylation sites (tertiary alicyclic amines) is 1. The van der Waals surface area contributed by atoms with Crippen LogP contribution in [0.2, 0.25) is 0 Å². The zero-order valence-electron chi connectivity index (χ0n) is 12.6. The summed E-state index contributed by atoms with van der Waals surface area (Å²) in [5, 5.41) is 3.81. The van der Waals surface area contributed by atoms with E-state index in [4.69, 9.17) is 0 Å². The molecule has 106 valence electrons. The van der Waals surface area contributed by atoms with Gasteiger partial charge in [-0.2, -0.15) is 0 Å². The third-order valence-electron chi connectivity index (χ3n) is 5.02. The first kappa shape index (κ1) is 14.3. The lowest BCUT2D eigenvalue weighted by Gasteiger charge is -2.45. The highest BCUT2D eigenvalue weighted by atomic mass is 15.2. The normalized spacial score (nSPS) is 35.8. The van der Waals surface area contributed by atoms with E-state index in [-0.39, 0.29) is 0 Å². The van der Waals surface area contributed by atoms with Gasteiger partial charge < -0.3 is 5.32 Å². The molecule has 2 aliphatic rings. The third kappa shape index (κ3) is 3.71. The van der Waals surface area contributed by atoms with Crippen LogP contribution >= 0.6 is 0 Å². The second kappa shape index (κ2) is 6.91. The van der Waals surface area contributed by atoms with Crippen LogP contribution in [0.1, 0.15) is 59.3 Å². The minimum atomic E-state index is 0.759. The molecule has 2 heteroatoms. The SMILES string of the molecule is CCCNC1CCC(C)CC1N1CCC(C)CC1. The van der Waals surface area contributed by atoms with Crippen molar-refractivity contribution in [2.24, 2.45) is 11.8 Å². The summed E-state index contributed by atoms with van der Waals surface area (Å²) in [7, 11) is 0. The molecule has 2 rings (SSSR count). The van der Waals surface area contributed by atoms with Gasteiger partial charge in [-0.1, -0.05) is 20.8 Å². The zero-order valence-corrected chi connectivity index (χ0v) is 12.6. The molecular formula is C16H32N2. The van der Waals surface area contributed by atoms with Gasteiger partial charge in [0.05, 0.1) is 0 Å². The molecule has 0 aromatic rings. The first-order valence-corrected chi connectivity index (χ1v) is 8.18. The number of hydrogen-bond acceptors (Lipinski definition) is 2. The predicted molar refractivity (Wildman–Crippen MR) is 78.9 cm³/mol. The molecule has 0 aromatic heterocycles. The van der Waals surface area contributed by atoms with E-state index in [2.05, 4.69) is 31.0 Å². The molecule has 1 heterocycles. The van der Waals surface area contributed by atoms with Crippen LogP contribution in [0.3, 0.4) is 0 Å². The molecule has 1 N–H and O–H groups in total. The van der Waals surface area contributed by atoms with Gasteiger partial charge in [-0.3, -0.25) is 4.90 Å². The lowest BCUT2D eigenvalue weighted by Crippen LogP contribution is -2.55. The predicted octanol–water partition coefficient (Wildman–Crippen LogP) is 3.28. The van der Waals surface area contributed by atoms with Crippen molar-refractivity contribution in [3.63, 3.8) is 0 Å². The van der Waals surface area contributed by atoms with Crippen LogP contribution < -0.4 is 5.32 Å². The molecule has 1 aliphatic carbocycles. The van der Waals surface area contributed by atoms with E-state index in [1.807, 2.05) is 0 Å². The second-order valence-corrected chi connectivity index (χ2v) is 6.76. The van der Waals surface area contributed by atoms with Crippen molar-refractivity contribution in [1.82, 2.24) is 10.2 Å². The molecule has 18 heavy (non-hydrogen) atoms. The van der Waals surface area contributed by atoms with E-state index >= 15 is 0 Å². The first-order chi connectivity index (χ1) is 8.70. The highest BCUT2D eigenvalue weighted by Crippen LogP contribution is 2.30. The summed E-state index contributed by atoms with van der Waals surface area (Å²) in [6.45, 7) is 11.0. The Morgan fingerprint density at radius 1 is 1.00 bits per heavy atom. The number of rotatable bonds is 4. The molecule has 0 amide bonds. The van der Waals surface area contributed by atoms with E-state index in [9.17, 15) is 0 Å². The second-order valence-electron chi connectivity index (χ2n) is 6.76. The number of nitrogens with zero attached hydrogens (tertiary/aromatic N) is 1. The van der Waals surface area contributed by atoms with Gasteiger partial charge in [0.15, 0.2) is 0 Å². The molecule has 2 fully saturated rings. The Balaban J connectivity index is 1.91. The minimum Gasteiger partial charge on any atom is -0.312 e. The summed E-state index contributed by atoms with van der Waals surface area (Å²) in [6, 6.07) is 1.57. The number of hydrogen-bond donors (Lipinski definition) is 1. The Bertz CT molecular complexity index is 220. The maximum atomic E-state index is 3.81. The Labute approximate surface area is 114 Å². The quantitative estimate of drug-likeness (QED) is 0.826. The summed E-state index contributed by atoms with van der Waals surface area (Å²) in [4.78, 5) is 2.79. The number of nitrogens with one attached hydrogen (secondary N) is 1. The van der Waals surface area contributed by atoms with Crippen LogP contribution in [-0.4, -0.2) is 36.6 Å². The smallest absolute Gasteiger partial charge is 0.0251 e. The molecule has 3 unspecified atom stereocenters. The average molecular weight is 252 g/mol. The summed E-state index contributed by atoms with van der Waals surface area (Å²) in [5.74, 6) is 1.87. The minimum absolute atomic E-state index is 0.759. The lowest BCUT2D eigenvalue weighted by atomic mass is 9.81. The molecule has 3 atom stereocenters. The van der Waals surface area contributed by atoms with E-state index in [1.165, 1.54) is 58.2 Å². The van der Waals surface area contributed by atoms with Gasteiger partial charge in [0.2, 0.25) is 0 Å². The molecule has 1 aliphatic heterocycles. The van der Waals surface area contributed by atoms with Gasteiger partial charge in [0.25, 0.3) is 0 Å². The Hall–Kier alpha value is -0.0800. The zero-order chi connectivity index (χ0) is 13.0. The Kier molecular flexibility index (Phi) is 5.50. The van der Waals surface area contributed by atoms with Gasteiger partial charge >= 0.3 is 0 Å². The molecule has 0 radical (unpaired) electrons. The largest absolute Gasteiger partial charge is 0.312 e. The molecule has 0 spiro atoms. The van der Waals surface area contributed by atoms with Crippen molar-refractivity contribution < 1.29 is 0 Å². The average Bonchev–Trinajstić information content (AvgIpc) is 2.38. The third-order valence-corrected chi connectivity index (χ3v) is 5.02. The number of piperidine rings is 1. The summed E-state index contributed by atoms with van der Waals surface area (Å²) in [6.07, 6.45) is 8.29. The van der Waals surface area contributed by atoms with E-state index in [1.54, 1.807) is 0 Å². The fourth-order valence-electron chi connectivity index (χ4n) is 3.68. The maximum absolute atomic E-state index is 3.81. The van der Waals surface area contributed by atoms with E-state index in [0.29, 0.717) is 0 Å². The van der Waals surface area contributed by atoms with Crippen LogP contribution in [0.4, 0.5) is 0 Å². The van der Waals surface area contributed by atoms with Gasteiger partial charge in [0.1, 0.15) is 0 Å². The van der Waals surface area contributed by atoms with Crippen molar-refractivity contribution in [1.29, 1.82) is 0 Å². The molecule has 0 aromatic carbocycles. The van der Waals surface area contributed by atoms with Crippen molar-refractivity contribution in [2.75, 3.05) is 19.6 Å². The molecule has 2 nitrogen and oxygen atoms in total. The van der Waals surface area contributed by atoms with Crippen molar-refractivity contribution >= 4 is 0 Å². The lowest BCUT2D eigenvalue weighted by molar-refractivity contribution is 0.0709. The maximum Gasteiger partial charge on any atom is 0.0251 e. The summed E-state index contributed by atoms with van der Waals surface area (Å²) < 4.78 is 0. The van der Waals surface area contributed by atoms with Gasteiger partial charge in [-0.25, -0.2) is 0 Å². The van der Waals surface area contributed by atoms with Crippen LogP contribution in [0.5, 0.6) is 0 Å². The Morgan fingerprint density at radius 3 is 2.39 bits per heavy atom. The molecule has 0 bridgehead atoms. The van der Waals surface area contributed by atoms with Gasteiger partial charge in [-0.15, -0.1) is 0 Å². The van der Waals surface area contributed by atoms with Crippen molar-refractivity contribution in [3.8, 4) is 0 Å². The highest BCUT2D eigenvalue weighted by Gasteiger charge is 2.33. The first-order valence-electron chi connectivity index (χ1n) is 8.18. The topological polar surface area (TPSA) is 15.3 Å². The van der Waals surface area contributed by atoms with E-state index in [0.717, 1.165) is 23.9 Å². The van der Waals surface area contributed by atoms with Crippen molar-refractivity contribution in [2.45, 2.75) is 71.4 Å². The monoisotopic (exact) mass is 252 g/mol. The van der Waals surface area contributed by atoms with Crippen LogP contribution in [0.25, 0.3) is 0 Å².